The molecule has 1 heterocycles. The molecular weight excluding hydrogens is 374 g/mol. The van der Waals surface area contributed by atoms with E-state index in [9.17, 15) is 10.5 Å². The van der Waals surface area contributed by atoms with Gasteiger partial charge in [-0.15, -0.1) is 0 Å². The normalized spacial score (nSPS) is 13.3. The maximum atomic E-state index is 9.30. The second-order valence-electron chi connectivity index (χ2n) is 6.80. The van der Waals surface area contributed by atoms with E-state index in [-0.39, 0.29) is 5.57 Å². The summed E-state index contributed by atoms with van der Waals surface area (Å²) in [5.41, 5.74) is 4.26. The highest BCUT2D eigenvalue weighted by atomic mass is 32.2. The molecule has 0 unspecified atom stereocenters. The molecule has 29 heavy (non-hydrogen) atoms. The Morgan fingerprint density at radius 1 is 0.931 bits per heavy atom. The summed E-state index contributed by atoms with van der Waals surface area (Å²) in [6, 6.07) is 22.5. The standard InChI is InChI=1S/C25H21N3S/c1-28(2)23-11-8-19(9-12-23)10-13-24-15-21(22(17-26)18-27)16-25(29-24)14-20-6-4-3-5-7-20/h3-13,15-16H,14H2,1-2H3/b13-10+. The topological polar surface area (TPSA) is 50.8 Å². The van der Waals surface area contributed by atoms with Crippen LogP contribution >= 0.6 is 11.8 Å². The molecule has 0 N–H and O–H groups in total. The second-order valence-corrected chi connectivity index (χ2v) is 7.99. The van der Waals surface area contributed by atoms with Gasteiger partial charge in [-0.1, -0.05) is 60.3 Å². The van der Waals surface area contributed by atoms with Gasteiger partial charge in [0.25, 0.3) is 0 Å². The third-order valence-electron chi connectivity index (χ3n) is 4.45. The van der Waals surface area contributed by atoms with Crippen LogP contribution in [0.4, 0.5) is 5.69 Å². The molecule has 3 nitrogen and oxygen atoms in total. The van der Waals surface area contributed by atoms with Crippen LogP contribution in [0.15, 0.2) is 93.8 Å². The highest BCUT2D eigenvalue weighted by Crippen LogP contribution is 2.36. The molecule has 1 aliphatic rings. The Labute approximate surface area is 176 Å². The molecular formula is C25H21N3S. The van der Waals surface area contributed by atoms with Crippen molar-refractivity contribution in [2.24, 2.45) is 0 Å². The fraction of sp³-hybridized carbons (Fsp3) is 0.120. The van der Waals surface area contributed by atoms with Crippen molar-refractivity contribution in [3.05, 3.63) is 105 Å². The lowest BCUT2D eigenvalue weighted by atomic mass is 10.1. The third-order valence-corrected chi connectivity index (χ3v) is 5.46. The van der Waals surface area contributed by atoms with E-state index >= 15 is 0 Å². The maximum Gasteiger partial charge on any atom is 0.136 e. The van der Waals surface area contributed by atoms with Crippen LogP contribution in [0.3, 0.4) is 0 Å². The van der Waals surface area contributed by atoms with Crippen LogP contribution in [-0.2, 0) is 6.42 Å². The van der Waals surface area contributed by atoms with Crippen molar-refractivity contribution in [2.45, 2.75) is 6.42 Å². The zero-order chi connectivity index (χ0) is 20.6. The Kier molecular flexibility index (Phi) is 6.74. The molecule has 2 aromatic carbocycles. The van der Waals surface area contributed by atoms with Crippen molar-refractivity contribution in [2.75, 3.05) is 19.0 Å². The number of nitrogens with zero attached hydrogens (tertiary/aromatic N) is 3. The minimum atomic E-state index is 0.136. The highest BCUT2D eigenvalue weighted by molar-refractivity contribution is 8.07. The first kappa shape index (κ1) is 20.3. The first-order chi connectivity index (χ1) is 14.1. The Hall–Kier alpha value is -3.47. The van der Waals surface area contributed by atoms with Crippen LogP contribution < -0.4 is 4.90 Å². The summed E-state index contributed by atoms with van der Waals surface area (Å²) in [5, 5.41) is 18.6. The monoisotopic (exact) mass is 395 g/mol. The van der Waals surface area contributed by atoms with Crippen molar-refractivity contribution in [3.8, 4) is 12.1 Å². The predicted molar refractivity (Wildman–Crippen MR) is 122 cm³/mol. The van der Waals surface area contributed by atoms with Gasteiger partial charge >= 0.3 is 0 Å². The summed E-state index contributed by atoms with van der Waals surface area (Å²) in [7, 11) is 4.04. The fourth-order valence-corrected chi connectivity index (χ4v) is 3.95. The lowest BCUT2D eigenvalue weighted by Crippen LogP contribution is -2.07. The van der Waals surface area contributed by atoms with E-state index in [0.29, 0.717) is 5.57 Å². The molecule has 4 heteroatoms. The second kappa shape index (κ2) is 9.64. The summed E-state index contributed by atoms with van der Waals surface area (Å²) in [6.45, 7) is 0. The van der Waals surface area contributed by atoms with E-state index in [1.165, 1.54) is 5.56 Å². The van der Waals surface area contributed by atoms with Crippen LogP contribution in [0.2, 0.25) is 0 Å². The number of thioether (sulfide) groups is 1. The minimum absolute atomic E-state index is 0.136. The van der Waals surface area contributed by atoms with E-state index in [1.807, 2.05) is 62.7 Å². The Bertz CT molecular complexity index is 1060. The molecule has 0 amide bonds. The van der Waals surface area contributed by atoms with Gasteiger partial charge in [0, 0.05) is 36.7 Å². The van der Waals surface area contributed by atoms with Crippen molar-refractivity contribution in [1.29, 1.82) is 10.5 Å². The van der Waals surface area contributed by atoms with Gasteiger partial charge < -0.3 is 4.90 Å². The summed E-state index contributed by atoms with van der Waals surface area (Å²) >= 11 is 1.67. The summed E-state index contributed by atoms with van der Waals surface area (Å²) < 4.78 is 0. The smallest absolute Gasteiger partial charge is 0.136 e. The van der Waals surface area contributed by atoms with Gasteiger partial charge in [0.15, 0.2) is 0 Å². The third kappa shape index (κ3) is 5.51. The molecule has 0 spiro atoms. The zero-order valence-electron chi connectivity index (χ0n) is 16.5. The lowest BCUT2D eigenvalue weighted by molar-refractivity contribution is 1.13. The Morgan fingerprint density at radius 2 is 1.62 bits per heavy atom. The average molecular weight is 396 g/mol. The van der Waals surface area contributed by atoms with Gasteiger partial charge in [-0.3, -0.25) is 0 Å². The minimum Gasteiger partial charge on any atom is -0.378 e. The maximum absolute atomic E-state index is 9.30. The van der Waals surface area contributed by atoms with Crippen molar-refractivity contribution in [1.82, 2.24) is 0 Å². The van der Waals surface area contributed by atoms with Crippen LogP contribution in [0, 0.1) is 22.7 Å². The largest absolute Gasteiger partial charge is 0.378 e. The van der Waals surface area contributed by atoms with Crippen LogP contribution in [-0.4, -0.2) is 14.1 Å². The van der Waals surface area contributed by atoms with Crippen LogP contribution in [0.25, 0.3) is 6.08 Å². The quantitative estimate of drug-likeness (QED) is 0.594. The van der Waals surface area contributed by atoms with E-state index in [0.717, 1.165) is 27.5 Å². The number of hydrogen-bond acceptors (Lipinski definition) is 4. The molecule has 0 fully saturated rings. The SMILES string of the molecule is CN(C)c1ccc(/C=C/C2=CC(=C(C#N)C#N)C=C(Cc3ccccc3)S2)cc1. The predicted octanol–water partition coefficient (Wildman–Crippen LogP) is 5.87. The molecule has 0 bridgehead atoms. The zero-order valence-corrected chi connectivity index (χ0v) is 17.3. The van der Waals surface area contributed by atoms with E-state index < -0.39 is 0 Å². The molecule has 0 atom stereocenters. The summed E-state index contributed by atoms with van der Waals surface area (Å²) in [5.74, 6) is 0. The van der Waals surface area contributed by atoms with Gasteiger partial charge in [0.05, 0.1) is 0 Å². The number of hydrogen-bond donors (Lipinski definition) is 0. The number of allylic oxidation sites excluding steroid dienone is 6. The molecule has 0 saturated heterocycles. The van der Waals surface area contributed by atoms with Crippen LogP contribution in [0.5, 0.6) is 0 Å². The van der Waals surface area contributed by atoms with E-state index in [2.05, 4.69) is 47.4 Å². The molecule has 3 rings (SSSR count). The molecule has 0 aliphatic carbocycles. The fourth-order valence-electron chi connectivity index (χ4n) is 2.91. The van der Waals surface area contributed by atoms with Gasteiger partial charge in [0.1, 0.15) is 17.7 Å². The molecule has 0 aromatic heterocycles. The number of nitriles is 2. The van der Waals surface area contributed by atoms with E-state index in [1.54, 1.807) is 11.8 Å². The number of benzene rings is 2. The number of rotatable bonds is 5. The lowest BCUT2D eigenvalue weighted by Gasteiger charge is -2.15. The molecule has 2 aromatic rings. The molecule has 0 radical (unpaired) electrons. The average Bonchev–Trinajstić information content (AvgIpc) is 2.74. The van der Waals surface area contributed by atoms with Crippen molar-refractivity contribution >= 4 is 23.5 Å². The van der Waals surface area contributed by atoms with Gasteiger partial charge in [-0.25, -0.2) is 0 Å². The summed E-state index contributed by atoms with van der Waals surface area (Å²) in [6.07, 6.45) is 8.72. The molecule has 0 saturated carbocycles. The highest BCUT2D eigenvalue weighted by Gasteiger charge is 2.13. The Balaban J connectivity index is 1.86. The van der Waals surface area contributed by atoms with Gasteiger partial charge in [-0.2, -0.15) is 10.5 Å². The summed E-state index contributed by atoms with van der Waals surface area (Å²) in [4.78, 5) is 4.18. The Morgan fingerprint density at radius 3 is 2.24 bits per heavy atom. The van der Waals surface area contributed by atoms with Crippen LogP contribution in [0.1, 0.15) is 11.1 Å². The van der Waals surface area contributed by atoms with Crippen molar-refractivity contribution in [3.63, 3.8) is 0 Å². The van der Waals surface area contributed by atoms with Gasteiger partial charge in [0.2, 0.25) is 0 Å². The first-order valence-electron chi connectivity index (χ1n) is 9.23. The van der Waals surface area contributed by atoms with E-state index in [4.69, 9.17) is 0 Å². The number of anilines is 1. The van der Waals surface area contributed by atoms with Gasteiger partial charge in [-0.05, 0) is 46.4 Å². The van der Waals surface area contributed by atoms with Crippen molar-refractivity contribution < 1.29 is 0 Å². The first-order valence-corrected chi connectivity index (χ1v) is 10.0. The molecule has 1 aliphatic heterocycles. The molecule has 142 valence electrons.